The SMILES string of the molecule is C#C[C@@H](Nc1ncnc2c1cc(C1(C)CCN(C(C)=O)CC1)c(=O)n2C)c1cccc(C(F)(F)F)c1C. The number of amides is 1. The number of piperidine rings is 1. The average Bonchev–Trinajstić information content (AvgIpc) is 2.84. The number of hydrogen-bond donors (Lipinski definition) is 1. The number of rotatable bonds is 4. The van der Waals surface area contributed by atoms with Crippen molar-refractivity contribution in [3.8, 4) is 12.3 Å². The molecule has 4 rings (SSSR count). The summed E-state index contributed by atoms with van der Waals surface area (Å²) in [6.45, 7) is 5.99. The van der Waals surface area contributed by atoms with Gasteiger partial charge < -0.3 is 10.2 Å². The van der Waals surface area contributed by atoms with Gasteiger partial charge in [0.05, 0.1) is 10.9 Å². The normalized spacial score (nSPS) is 16.3. The van der Waals surface area contributed by atoms with Gasteiger partial charge >= 0.3 is 6.18 Å². The van der Waals surface area contributed by atoms with Crippen molar-refractivity contribution in [3.05, 3.63) is 63.2 Å². The van der Waals surface area contributed by atoms with Crippen LogP contribution in [0.5, 0.6) is 0 Å². The molecular formula is C27H28F3N5O2. The Kier molecular flexibility index (Phi) is 6.76. The number of carbonyl (C=O) groups is 1. The highest BCUT2D eigenvalue weighted by atomic mass is 19.4. The molecule has 1 aliphatic rings. The summed E-state index contributed by atoms with van der Waals surface area (Å²) in [5.41, 5.74) is -0.166. The number of pyridine rings is 1. The van der Waals surface area contributed by atoms with Gasteiger partial charge in [0, 0.05) is 38.0 Å². The molecule has 2 aromatic heterocycles. The molecule has 0 saturated carbocycles. The smallest absolute Gasteiger partial charge is 0.352 e. The molecule has 1 saturated heterocycles. The van der Waals surface area contributed by atoms with Gasteiger partial charge in [-0.1, -0.05) is 25.0 Å². The van der Waals surface area contributed by atoms with E-state index in [0.717, 1.165) is 6.07 Å². The molecule has 1 fully saturated rings. The lowest BCUT2D eigenvalue weighted by molar-refractivity contribution is -0.138. The summed E-state index contributed by atoms with van der Waals surface area (Å²) in [5.74, 6) is 2.84. The highest BCUT2D eigenvalue weighted by molar-refractivity contribution is 5.87. The maximum atomic E-state index is 13.5. The molecule has 1 N–H and O–H groups in total. The molecule has 1 aliphatic heterocycles. The van der Waals surface area contributed by atoms with Crippen LogP contribution in [0.4, 0.5) is 19.0 Å². The highest BCUT2D eigenvalue weighted by Gasteiger charge is 2.36. The Bertz CT molecular complexity index is 1460. The largest absolute Gasteiger partial charge is 0.416 e. The van der Waals surface area contributed by atoms with Crippen molar-refractivity contribution in [1.29, 1.82) is 0 Å². The molecule has 0 unspecified atom stereocenters. The summed E-state index contributed by atoms with van der Waals surface area (Å²) in [6, 6.07) is 4.74. The number of hydrogen-bond acceptors (Lipinski definition) is 5. The van der Waals surface area contributed by atoms with Crippen molar-refractivity contribution >= 4 is 22.8 Å². The molecule has 0 spiro atoms. The van der Waals surface area contributed by atoms with Gasteiger partial charge in [-0.05, 0) is 43.0 Å². The molecule has 1 atom stereocenters. The van der Waals surface area contributed by atoms with Crippen LogP contribution in [0.25, 0.3) is 11.0 Å². The van der Waals surface area contributed by atoms with Gasteiger partial charge in [-0.25, -0.2) is 9.97 Å². The van der Waals surface area contributed by atoms with Crippen molar-refractivity contribution in [3.63, 3.8) is 0 Å². The van der Waals surface area contributed by atoms with Crippen LogP contribution in [0.1, 0.15) is 55.0 Å². The Labute approximate surface area is 212 Å². The van der Waals surface area contributed by atoms with Crippen molar-refractivity contribution in [2.24, 2.45) is 7.05 Å². The van der Waals surface area contributed by atoms with Gasteiger partial charge in [-0.15, -0.1) is 6.42 Å². The molecule has 10 heteroatoms. The molecule has 1 amide bonds. The first-order valence-corrected chi connectivity index (χ1v) is 11.9. The zero-order valence-corrected chi connectivity index (χ0v) is 21.1. The van der Waals surface area contributed by atoms with Gasteiger partial charge in [0.1, 0.15) is 23.8 Å². The van der Waals surface area contributed by atoms with E-state index < -0.39 is 23.2 Å². The van der Waals surface area contributed by atoms with Gasteiger partial charge in [0.15, 0.2) is 0 Å². The number of aryl methyl sites for hydroxylation is 1. The predicted octanol–water partition coefficient (Wildman–Crippen LogP) is 4.34. The van der Waals surface area contributed by atoms with E-state index in [2.05, 4.69) is 21.2 Å². The molecule has 0 radical (unpaired) electrons. The van der Waals surface area contributed by atoms with Gasteiger partial charge in [-0.3, -0.25) is 14.2 Å². The Morgan fingerprint density at radius 3 is 2.51 bits per heavy atom. The minimum Gasteiger partial charge on any atom is -0.352 e. The van der Waals surface area contributed by atoms with Crippen molar-refractivity contribution in [1.82, 2.24) is 19.4 Å². The first-order chi connectivity index (χ1) is 17.4. The van der Waals surface area contributed by atoms with Crippen LogP contribution in [0.3, 0.4) is 0 Å². The third kappa shape index (κ3) is 4.78. The van der Waals surface area contributed by atoms with Crippen LogP contribution < -0.4 is 10.9 Å². The Morgan fingerprint density at radius 2 is 1.92 bits per heavy atom. The topological polar surface area (TPSA) is 80.1 Å². The molecule has 3 heterocycles. The second kappa shape index (κ2) is 9.54. The fourth-order valence-electron chi connectivity index (χ4n) is 5.02. The minimum atomic E-state index is -4.51. The van der Waals surface area contributed by atoms with E-state index >= 15 is 0 Å². The standard InChI is InChI=1S/C27H28F3N5O2/c1-6-22(18-8-7-9-20(16(18)2)27(28,29)30)33-23-19-14-21(25(37)34(5)24(19)32-15-31-23)26(4)10-12-35(13-11-26)17(3)36/h1,7-9,14-15,22H,10-13H2,2-5H3,(H,31,32,33)/t22-/m1/s1. The van der Waals surface area contributed by atoms with Crippen molar-refractivity contribution in [2.45, 2.75) is 51.2 Å². The number of likely N-dealkylation sites (tertiary alicyclic amines) is 1. The van der Waals surface area contributed by atoms with Crippen LogP contribution in [0.15, 0.2) is 35.4 Å². The molecule has 1 aromatic carbocycles. The van der Waals surface area contributed by atoms with Crippen molar-refractivity contribution in [2.75, 3.05) is 18.4 Å². The number of terminal acetylenes is 1. The van der Waals surface area contributed by atoms with Crippen LogP contribution in [0, 0.1) is 19.3 Å². The van der Waals surface area contributed by atoms with Crippen LogP contribution in [-0.2, 0) is 23.4 Å². The quantitative estimate of drug-likeness (QED) is 0.527. The zero-order valence-electron chi connectivity index (χ0n) is 21.1. The van der Waals surface area contributed by atoms with E-state index in [9.17, 15) is 22.8 Å². The highest BCUT2D eigenvalue weighted by Crippen LogP contribution is 2.37. The van der Waals surface area contributed by atoms with E-state index in [0.29, 0.717) is 53.9 Å². The van der Waals surface area contributed by atoms with E-state index in [1.54, 1.807) is 24.1 Å². The first kappa shape index (κ1) is 26.2. The molecule has 0 aliphatic carbocycles. The molecule has 0 bridgehead atoms. The number of alkyl halides is 3. The zero-order chi connectivity index (χ0) is 27.1. The molecular weight excluding hydrogens is 483 g/mol. The van der Waals surface area contributed by atoms with Gasteiger partial charge in [-0.2, -0.15) is 13.2 Å². The number of anilines is 1. The molecule has 3 aromatic rings. The number of nitrogens with one attached hydrogen (secondary N) is 1. The summed E-state index contributed by atoms with van der Waals surface area (Å²) in [4.78, 5) is 35.5. The summed E-state index contributed by atoms with van der Waals surface area (Å²) >= 11 is 0. The number of aromatic nitrogens is 3. The second-order valence-electron chi connectivity index (χ2n) is 9.71. The Balaban J connectivity index is 1.78. The van der Waals surface area contributed by atoms with E-state index in [4.69, 9.17) is 6.42 Å². The predicted molar refractivity (Wildman–Crippen MR) is 135 cm³/mol. The number of carbonyl (C=O) groups excluding carboxylic acids is 1. The Morgan fingerprint density at radius 1 is 1.24 bits per heavy atom. The van der Waals surface area contributed by atoms with Crippen LogP contribution in [0.2, 0.25) is 0 Å². The number of fused-ring (bicyclic) bond motifs is 1. The van der Waals surface area contributed by atoms with Gasteiger partial charge in [0.2, 0.25) is 5.91 Å². The van der Waals surface area contributed by atoms with Crippen LogP contribution in [-0.4, -0.2) is 38.4 Å². The van der Waals surface area contributed by atoms with Gasteiger partial charge in [0.25, 0.3) is 5.56 Å². The number of benzene rings is 1. The average molecular weight is 512 g/mol. The molecule has 7 nitrogen and oxygen atoms in total. The fraction of sp³-hybridized carbons (Fsp3) is 0.407. The minimum absolute atomic E-state index is 0.00133. The third-order valence-electron chi connectivity index (χ3n) is 7.41. The monoisotopic (exact) mass is 511 g/mol. The fourth-order valence-corrected chi connectivity index (χ4v) is 5.02. The summed E-state index contributed by atoms with van der Waals surface area (Å²) in [5, 5.41) is 3.62. The molecule has 37 heavy (non-hydrogen) atoms. The maximum absolute atomic E-state index is 13.5. The third-order valence-corrected chi connectivity index (χ3v) is 7.41. The number of nitrogens with zero attached hydrogens (tertiary/aromatic N) is 4. The number of halogens is 3. The second-order valence-corrected chi connectivity index (χ2v) is 9.71. The lowest BCUT2D eigenvalue weighted by Crippen LogP contribution is -2.45. The Hall–Kier alpha value is -3.87. The van der Waals surface area contributed by atoms with E-state index in [1.807, 2.05) is 6.92 Å². The molecule has 194 valence electrons. The summed E-state index contributed by atoms with van der Waals surface area (Å²) in [6.07, 6.45) is 3.75. The van der Waals surface area contributed by atoms with E-state index in [1.165, 1.54) is 30.8 Å². The van der Waals surface area contributed by atoms with Crippen molar-refractivity contribution < 1.29 is 18.0 Å². The van der Waals surface area contributed by atoms with E-state index in [-0.39, 0.29) is 17.0 Å². The summed E-state index contributed by atoms with van der Waals surface area (Å²) < 4.78 is 41.9. The first-order valence-electron chi connectivity index (χ1n) is 11.9. The van der Waals surface area contributed by atoms with Crippen LogP contribution >= 0.6 is 0 Å². The summed E-state index contributed by atoms with van der Waals surface area (Å²) in [7, 11) is 1.62. The lowest BCUT2D eigenvalue weighted by Gasteiger charge is -2.39. The maximum Gasteiger partial charge on any atom is 0.416 e. The lowest BCUT2D eigenvalue weighted by atomic mass is 9.74.